The van der Waals surface area contributed by atoms with Gasteiger partial charge in [-0.3, -0.25) is 10.2 Å². The normalized spacial score (nSPS) is 22.8. The van der Waals surface area contributed by atoms with Gasteiger partial charge in [-0.05, 0) is 13.8 Å². The fraction of sp³-hybridized carbons (Fsp3) is 1.00. The van der Waals surface area contributed by atoms with E-state index in [2.05, 4.69) is 5.32 Å². The van der Waals surface area contributed by atoms with Crippen molar-refractivity contribution in [2.75, 3.05) is 19.8 Å². The lowest BCUT2D eigenvalue weighted by Gasteiger charge is -2.37. The van der Waals surface area contributed by atoms with E-state index in [1.165, 1.54) is 5.06 Å². The zero-order valence-corrected chi connectivity index (χ0v) is 7.31. The molecule has 72 valence electrons. The van der Waals surface area contributed by atoms with Crippen LogP contribution in [0.15, 0.2) is 0 Å². The van der Waals surface area contributed by atoms with E-state index in [1.54, 1.807) is 0 Å². The molecule has 1 aliphatic rings. The quantitative estimate of drug-likeness (QED) is 0.648. The highest BCUT2D eigenvalue weighted by atomic mass is 19.3. The Bertz CT molecular complexity index is 144. The van der Waals surface area contributed by atoms with E-state index in [9.17, 15) is 8.78 Å². The zero-order chi connectivity index (χ0) is 9.19. The number of hydroxylamine groups is 2. The fourth-order valence-corrected chi connectivity index (χ4v) is 0.856. The van der Waals surface area contributed by atoms with Gasteiger partial charge in [0.15, 0.2) is 0 Å². The summed E-state index contributed by atoms with van der Waals surface area (Å²) in [4.78, 5) is 4.97. The Morgan fingerprint density at radius 1 is 1.50 bits per heavy atom. The predicted octanol–water partition coefficient (Wildman–Crippen LogP) is 0.824. The molecule has 1 fully saturated rings. The first-order valence-corrected chi connectivity index (χ1v) is 3.99. The molecule has 12 heavy (non-hydrogen) atoms. The number of hydrogen-bond acceptors (Lipinski definition) is 3. The highest BCUT2D eigenvalue weighted by molar-refractivity contribution is 4.81. The second-order valence-electron chi connectivity index (χ2n) is 3.29. The topological polar surface area (TPSA) is 24.5 Å². The first-order valence-electron chi connectivity index (χ1n) is 3.99. The number of rotatable bonds is 4. The average molecular weight is 180 g/mol. The van der Waals surface area contributed by atoms with Crippen LogP contribution in [0, 0.1) is 0 Å². The molecule has 0 aliphatic carbocycles. The lowest BCUT2D eigenvalue weighted by molar-refractivity contribution is -0.291. The molecular formula is C7H14F2N2O. The Kier molecular flexibility index (Phi) is 2.98. The van der Waals surface area contributed by atoms with Crippen molar-refractivity contribution in [1.29, 1.82) is 0 Å². The lowest BCUT2D eigenvalue weighted by atomic mass is 10.2. The van der Waals surface area contributed by atoms with E-state index >= 15 is 0 Å². The van der Waals surface area contributed by atoms with Crippen LogP contribution in [0.1, 0.15) is 13.8 Å². The van der Waals surface area contributed by atoms with Gasteiger partial charge in [-0.25, -0.2) is 8.78 Å². The average Bonchev–Trinajstić information content (AvgIpc) is 1.82. The molecule has 1 aliphatic heterocycles. The summed E-state index contributed by atoms with van der Waals surface area (Å²) in [6, 6.07) is 0.312. The summed E-state index contributed by atoms with van der Waals surface area (Å²) in [5, 5.41) is 4.22. The Morgan fingerprint density at radius 2 is 2.08 bits per heavy atom. The van der Waals surface area contributed by atoms with Gasteiger partial charge in [0.1, 0.15) is 6.73 Å². The molecule has 0 aromatic heterocycles. The molecule has 0 bridgehead atoms. The van der Waals surface area contributed by atoms with Gasteiger partial charge in [0.05, 0.1) is 13.1 Å². The minimum absolute atomic E-state index is 0.285. The maximum atomic E-state index is 12.2. The molecule has 0 atom stereocenters. The van der Waals surface area contributed by atoms with Gasteiger partial charge >= 0.3 is 0 Å². The van der Waals surface area contributed by atoms with E-state index < -0.39 is 5.92 Å². The van der Waals surface area contributed by atoms with Gasteiger partial charge in [-0.1, -0.05) is 0 Å². The van der Waals surface area contributed by atoms with Crippen molar-refractivity contribution >= 4 is 0 Å². The third-order valence-corrected chi connectivity index (χ3v) is 1.55. The Hall–Kier alpha value is -0.260. The second kappa shape index (κ2) is 3.64. The number of nitrogens with zero attached hydrogens (tertiary/aromatic N) is 1. The van der Waals surface area contributed by atoms with Crippen LogP contribution in [0.3, 0.4) is 0 Å². The lowest BCUT2D eigenvalue weighted by Crippen LogP contribution is -2.56. The van der Waals surface area contributed by atoms with Crippen LogP contribution >= 0.6 is 0 Å². The third-order valence-electron chi connectivity index (χ3n) is 1.55. The van der Waals surface area contributed by atoms with Crippen molar-refractivity contribution in [2.24, 2.45) is 0 Å². The van der Waals surface area contributed by atoms with Crippen LogP contribution in [0.5, 0.6) is 0 Å². The van der Waals surface area contributed by atoms with E-state index in [-0.39, 0.29) is 13.1 Å². The Labute approximate surface area is 70.6 Å². The molecular weight excluding hydrogens is 166 g/mol. The molecule has 0 radical (unpaired) electrons. The van der Waals surface area contributed by atoms with Gasteiger partial charge in [0.25, 0.3) is 5.92 Å². The maximum Gasteiger partial charge on any atom is 0.277 e. The monoisotopic (exact) mass is 180 g/mol. The van der Waals surface area contributed by atoms with Gasteiger partial charge in [0.2, 0.25) is 0 Å². The molecule has 1 N–H and O–H groups in total. The highest BCUT2D eigenvalue weighted by Gasteiger charge is 2.44. The zero-order valence-electron chi connectivity index (χ0n) is 7.31. The van der Waals surface area contributed by atoms with Crippen LogP contribution in [-0.4, -0.2) is 36.8 Å². The summed E-state index contributed by atoms with van der Waals surface area (Å²) in [5.41, 5.74) is 0. The molecule has 1 saturated heterocycles. The summed E-state index contributed by atoms with van der Waals surface area (Å²) < 4.78 is 24.5. The van der Waals surface area contributed by atoms with Crippen molar-refractivity contribution < 1.29 is 13.6 Å². The summed E-state index contributed by atoms with van der Waals surface area (Å²) in [6.45, 7) is 3.66. The molecule has 0 aromatic rings. The van der Waals surface area contributed by atoms with Crippen LogP contribution < -0.4 is 5.32 Å². The van der Waals surface area contributed by atoms with E-state index in [0.29, 0.717) is 12.8 Å². The van der Waals surface area contributed by atoms with Crippen LogP contribution in [0.25, 0.3) is 0 Å². The van der Waals surface area contributed by atoms with Gasteiger partial charge < -0.3 is 0 Å². The number of nitrogens with one attached hydrogen (secondary N) is 1. The van der Waals surface area contributed by atoms with Gasteiger partial charge in [-0.15, -0.1) is 0 Å². The molecule has 1 heterocycles. The molecule has 0 spiro atoms. The summed E-state index contributed by atoms with van der Waals surface area (Å²) >= 11 is 0. The van der Waals surface area contributed by atoms with Crippen molar-refractivity contribution in [1.82, 2.24) is 10.4 Å². The maximum absolute atomic E-state index is 12.2. The molecule has 5 heteroatoms. The standard InChI is InChI=1S/C7H14F2N2O/c1-6(2)10-5-12-11-3-7(8,9)4-11/h6,10H,3-5H2,1-2H3. The minimum atomic E-state index is -2.54. The molecule has 3 nitrogen and oxygen atoms in total. The minimum Gasteiger partial charge on any atom is -0.291 e. The first kappa shape index (κ1) is 9.83. The van der Waals surface area contributed by atoms with Gasteiger partial charge in [0, 0.05) is 6.04 Å². The molecule has 1 rings (SSSR count). The van der Waals surface area contributed by atoms with Crippen molar-refractivity contribution in [2.45, 2.75) is 25.8 Å². The van der Waals surface area contributed by atoms with Crippen molar-refractivity contribution in [3.8, 4) is 0 Å². The molecule has 0 unspecified atom stereocenters. The highest BCUT2D eigenvalue weighted by Crippen LogP contribution is 2.26. The van der Waals surface area contributed by atoms with Crippen LogP contribution in [-0.2, 0) is 4.84 Å². The molecule has 0 amide bonds. The van der Waals surface area contributed by atoms with Crippen molar-refractivity contribution in [3.63, 3.8) is 0 Å². The molecule has 0 aromatic carbocycles. The van der Waals surface area contributed by atoms with E-state index in [0.717, 1.165) is 0 Å². The SMILES string of the molecule is CC(C)NCON1CC(F)(F)C1. The smallest absolute Gasteiger partial charge is 0.277 e. The number of alkyl halides is 2. The van der Waals surface area contributed by atoms with E-state index in [1.807, 2.05) is 13.8 Å². The first-order chi connectivity index (χ1) is 5.49. The second-order valence-corrected chi connectivity index (χ2v) is 3.29. The van der Waals surface area contributed by atoms with E-state index in [4.69, 9.17) is 4.84 Å². The summed E-state index contributed by atoms with van der Waals surface area (Å²) in [5.74, 6) is -2.54. The Morgan fingerprint density at radius 3 is 2.50 bits per heavy atom. The summed E-state index contributed by atoms with van der Waals surface area (Å²) in [6.07, 6.45) is 0. The Balaban J connectivity index is 1.97. The largest absolute Gasteiger partial charge is 0.291 e. The van der Waals surface area contributed by atoms with Crippen LogP contribution in [0.2, 0.25) is 0 Å². The number of hydrogen-bond donors (Lipinski definition) is 1. The van der Waals surface area contributed by atoms with Gasteiger partial charge in [-0.2, -0.15) is 5.06 Å². The fourth-order valence-electron chi connectivity index (χ4n) is 0.856. The third kappa shape index (κ3) is 3.00. The summed E-state index contributed by atoms with van der Waals surface area (Å²) in [7, 11) is 0. The number of halogens is 2. The molecule has 0 saturated carbocycles. The van der Waals surface area contributed by atoms with Crippen LogP contribution in [0.4, 0.5) is 8.78 Å². The predicted molar refractivity (Wildman–Crippen MR) is 40.7 cm³/mol. The van der Waals surface area contributed by atoms with Crippen molar-refractivity contribution in [3.05, 3.63) is 0 Å².